The van der Waals surface area contributed by atoms with Crippen LogP contribution in [0.4, 0.5) is 0 Å². The van der Waals surface area contributed by atoms with Crippen LogP contribution in [-0.2, 0) is 20.5 Å². The third-order valence-corrected chi connectivity index (χ3v) is 3.13. The van der Waals surface area contributed by atoms with Crippen molar-refractivity contribution < 1.29 is 5.11 Å². The predicted octanol–water partition coefficient (Wildman–Crippen LogP) is 1.05. The molecule has 0 aromatic carbocycles. The highest BCUT2D eigenvalue weighted by molar-refractivity contribution is 5.21. The molecule has 1 atom stereocenters. The third kappa shape index (κ3) is 2.24. The number of aliphatic hydroxyl groups is 1. The Hall–Kier alpha value is -1.62. The Morgan fingerprint density at radius 1 is 1.29 bits per heavy atom. The topological polar surface area (TPSA) is 55.9 Å². The molecule has 0 aliphatic rings. The van der Waals surface area contributed by atoms with E-state index in [1.54, 1.807) is 10.9 Å². The number of hydrogen-bond donors (Lipinski definition) is 1. The van der Waals surface area contributed by atoms with Crippen molar-refractivity contribution in [3.8, 4) is 0 Å². The highest BCUT2D eigenvalue weighted by Crippen LogP contribution is 2.21. The van der Waals surface area contributed by atoms with Gasteiger partial charge in [-0.05, 0) is 19.9 Å². The molecule has 2 aromatic heterocycles. The van der Waals surface area contributed by atoms with Crippen LogP contribution in [0.15, 0.2) is 12.3 Å². The molecule has 0 spiro atoms. The Balaban J connectivity index is 2.19. The number of hydrogen-bond acceptors (Lipinski definition) is 3. The zero-order valence-electron chi connectivity index (χ0n) is 10.7. The van der Waals surface area contributed by atoms with Crippen molar-refractivity contribution in [1.29, 1.82) is 0 Å². The van der Waals surface area contributed by atoms with Gasteiger partial charge in [-0.15, -0.1) is 0 Å². The van der Waals surface area contributed by atoms with E-state index in [0.29, 0.717) is 6.42 Å². The average Bonchev–Trinajstić information content (AvgIpc) is 2.73. The van der Waals surface area contributed by atoms with Crippen LogP contribution in [0.1, 0.15) is 28.7 Å². The highest BCUT2D eigenvalue weighted by atomic mass is 16.3. The van der Waals surface area contributed by atoms with E-state index in [1.807, 2.05) is 38.7 Å². The Morgan fingerprint density at radius 3 is 2.47 bits per heavy atom. The van der Waals surface area contributed by atoms with Crippen LogP contribution in [0.25, 0.3) is 0 Å². The van der Waals surface area contributed by atoms with Gasteiger partial charge in [0.05, 0.1) is 18.0 Å². The largest absolute Gasteiger partial charge is 0.388 e. The molecule has 1 unspecified atom stereocenters. The van der Waals surface area contributed by atoms with Gasteiger partial charge in [-0.25, -0.2) is 0 Å². The maximum absolute atomic E-state index is 10.2. The Labute approximate surface area is 101 Å². The van der Waals surface area contributed by atoms with Gasteiger partial charge >= 0.3 is 0 Å². The lowest BCUT2D eigenvalue weighted by Crippen LogP contribution is -2.07. The van der Waals surface area contributed by atoms with Gasteiger partial charge in [0.15, 0.2) is 0 Å². The van der Waals surface area contributed by atoms with Gasteiger partial charge in [0.25, 0.3) is 0 Å². The minimum atomic E-state index is -0.529. The van der Waals surface area contributed by atoms with Gasteiger partial charge in [-0.3, -0.25) is 9.36 Å². The van der Waals surface area contributed by atoms with Crippen LogP contribution in [0.3, 0.4) is 0 Å². The molecule has 0 saturated carbocycles. The van der Waals surface area contributed by atoms with E-state index in [-0.39, 0.29) is 0 Å². The summed E-state index contributed by atoms with van der Waals surface area (Å²) in [4.78, 5) is 0. The molecule has 5 heteroatoms. The van der Waals surface area contributed by atoms with Crippen LogP contribution in [0, 0.1) is 13.8 Å². The van der Waals surface area contributed by atoms with E-state index in [9.17, 15) is 5.11 Å². The Kier molecular flexibility index (Phi) is 3.02. The SMILES string of the molecule is Cc1cc(CC(O)c2cnn(C)c2C)n(C)n1. The second-order valence-corrected chi connectivity index (χ2v) is 4.43. The van der Waals surface area contributed by atoms with Gasteiger partial charge in [0, 0.05) is 37.5 Å². The smallest absolute Gasteiger partial charge is 0.0878 e. The van der Waals surface area contributed by atoms with Crippen molar-refractivity contribution >= 4 is 0 Å². The second kappa shape index (κ2) is 4.33. The summed E-state index contributed by atoms with van der Waals surface area (Å²) in [5.41, 5.74) is 3.87. The zero-order valence-corrected chi connectivity index (χ0v) is 10.7. The molecule has 5 nitrogen and oxygen atoms in total. The molecule has 0 bridgehead atoms. The normalized spacial score (nSPS) is 13.0. The van der Waals surface area contributed by atoms with E-state index >= 15 is 0 Å². The predicted molar refractivity (Wildman–Crippen MR) is 64.6 cm³/mol. The number of aryl methyl sites for hydroxylation is 3. The van der Waals surface area contributed by atoms with Crippen molar-refractivity contribution in [3.05, 3.63) is 34.9 Å². The summed E-state index contributed by atoms with van der Waals surface area (Å²) in [7, 11) is 3.77. The minimum Gasteiger partial charge on any atom is -0.388 e. The number of aliphatic hydroxyl groups excluding tert-OH is 1. The number of rotatable bonds is 3. The average molecular weight is 234 g/mol. The molecule has 2 heterocycles. The van der Waals surface area contributed by atoms with Gasteiger partial charge in [0.1, 0.15) is 0 Å². The molecule has 0 saturated heterocycles. The first-order valence-corrected chi connectivity index (χ1v) is 5.65. The molecule has 0 radical (unpaired) electrons. The maximum atomic E-state index is 10.2. The summed E-state index contributed by atoms with van der Waals surface area (Å²) in [5.74, 6) is 0. The fraction of sp³-hybridized carbons (Fsp3) is 0.500. The molecule has 92 valence electrons. The molecule has 0 amide bonds. The van der Waals surface area contributed by atoms with Crippen LogP contribution in [0.2, 0.25) is 0 Å². The molecule has 0 fully saturated rings. The summed E-state index contributed by atoms with van der Waals surface area (Å²) >= 11 is 0. The summed E-state index contributed by atoms with van der Waals surface area (Å²) in [6, 6.07) is 1.99. The van der Waals surface area contributed by atoms with Crippen LogP contribution in [0.5, 0.6) is 0 Å². The van der Waals surface area contributed by atoms with E-state index in [4.69, 9.17) is 0 Å². The molecule has 1 N–H and O–H groups in total. The van der Waals surface area contributed by atoms with Gasteiger partial charge < -0.3 is 5.11 Å². The van der Waals surface area contributed by atoms with Crippen LogP contribution >= 0.6 is 0 Å². The summed E-state index contributed by atoms with van der Waals surface area (Å²) < 4.78 is 3.58. The first-order valence-electron chi connectivity index (χ1n) is 5.65. The second-order valence-electron chi connectivity index (χ2n) is 4.43. The highest BCUT2D eigenvalue weighted by Gasteiger charge is 2.16. The van der Waals surface area contributed by atoms with Gasteiger partial charge in [0.2, 0.25) is 0 Å². The van der Waals surface area contributed by atoms with Gasteiger partial charge in [-0.1, -0.05) is 0 Å². The van der Waals surface area contributed by atoms with E-state index < -0.39 is 6.10 Å². The molecule has 17 heavy (non-hydrogen) atoms. The summed E-state index contributed by atoms with van der Waals surface area (Å²) in [5, 5.41) is 18.6. The lowest BCUT2D eigenvalue weighted by Gasteiger charge is -2.10. The standard InChI is InChI=1S/C12H18N4O/c1-8-5-10(16(4)14-8)6-12(17)11-7-13-15(3)9(11)2/h5,7,12,17H,6H2,1-4H3. The Bertz CT molecular complexity index is 527. The lowest BCUT2D eigenvalue weighted by molar-refractivity contribution is 0.175. The van der Waals surface area contributed by atoms with Crippen molar-refractivity contribution in [2.75, 3.05) is 0 Å². The number of aromatic nitrogens is 4. The fourth-order valence-electron chi connectivity index (χ4n) is 2.01. The quantitative estimate of drug-likeness (QED) is 0.863. The van der Waals surface area contributed by atoms with Crippen molar-refractivity contribution in [1.82, 2.24) is 19.6 Å². The molecular weight excluding hydrogens is 216 g/mol. The van der Waals surface area contributed by atoms with E-state index in [0.717, 1.165) is 22.6 Å². The van der Waals surface area contributed by atoms with E-state index in [2.05, 4.69) is 10.2 Å². The maximum Gasteiger partial charge on any atom is 0.0878 e. The molecular formula is C12H18N4O. The summed E-state index contributed by atoms with van der Waals surface area (Å²) in [6.07, 6.45) is 1.76. The molecule has 0 aliphatic carbocycles. The lowest BCUT2D eigenvalue weighted by atomic mass is 10.1. The Morgan fingerprint density at radius 2 is 2.00 bits per heavy atom. The number of nitrogens with zero attached hydrogens (tertiary/aromatic N) is 4. The molecule has 2 aromatic rings. The third-order valence-electron chi connectivity index (χ3n) is 3.13. The first kappa shape index (κ1) is 11.9. The zero-order chi connectivity index (χ0) is 12.6. The monoisotopic (exact) mass is 234 g/mol. The molecule has 2 rings (SSSR count). The summed E-state index contributed by atoms with van der Waals surface area (Å²) in [6.45, 7) is 3.91. The fourth-order valence-corrected chi connectivity index (χ4v) is 2.01. The van der Waals surface area contributed by atoms with Crippen LogP contribution in [-0.4, -0.2) is 24.7 Å². The van der Waals surface area contributed by atoms with Crippen molar-refractivity contribution in [3.63, 3.8) is 0 Å². The van der Waals surface area contributed by atoms with Crippen molar-refractivity contribution in [2.45, 2.75) is 26.4 Å². The van der Waals surface area contributed by atoms with E-state index in [1.165, 1.54) is 0 Å². The first-order chi connectivity index (χ1) is 7.99. The van der Waals surface area contributed by atoms with Crippen LogP contribution < -0.4 is 0 Å². The molecule has 0 aliphatic heterocycles. The minimum absolute atomic E-state index is 0.529. The van der Waals surface area contributed by atoms with Gasteiger partial charge in [-0.2, -0.15) is 10.2 Å². The van der Waals surface area contributed by atoms with Crippen molar-refractivity contribution in [2.24, 2.45) is 14.1 Å².